The van der Waals surface area contributed by atoms with Gasteiger partial charge in [-0.05, 0) is 56.7 Å². The van der Waals surface area contributed by atoms with E-state index in [1.807, 2.05) is 26.0 Å². The van der Waals surface area contributed by atoms with Gasteiger partial charge >= 0.3 is 0 Å². The number of fused-ring (bicyclic) bond motifs is 3. The van der Waals surface area contributed by atoms with Crippen LogP contribution in [0.2, 0.25) is 0 Å². The molecule has 0 aromatic heterocycles. The molecule has 2 aliphatic heterocycles. The van der Waals surface area contributed by atoms with E-state index in [1.165, 1.54) is 0 Å². The highest BCUT2D eigenvalue weighted by Crippen LogP contribution is 2.43. The Kier molecular flexibility index (Phi) is 5.20. The van der Waals surface area contributed by atoms with Gasteiger partial charge in [0.1, 0.15) is 11.4 Å². The molecule has 3 amide bonds. The molecule has 1 atom stereocenters. The summed E-state index contributed by atoms with van der Waals surface area (Å²) in [6.45, 7) is 4.62. The van der Waals surface area contributed by atoms with Crippen molar-refractivity contribution in [1.82, 2.24) is 4.90 Å². The Balaban J connectivity index is 1.48. The van der Waals surface area contributed by atoms with Gasteiger partial charge in [-0.25, -0.2) is 0 Å². The third-order valence-corrected chi connectivity index (χ3v) is 5.76. The van der Waals surface area contributed by atoms with Crippen molar-refractivity contribution in [1.29, 1.82) is 0 Å². The fraction of sp³-hybridized carbons (Fsp3) is 0.348. The van der Waals surface area contributed by atoms with Gasteiger partial charge in [-0.15, -0.1) is 0 Å². The summed E-state index contributed by atoms with van der Waals surface area (Å²) in [6.07, 6.45) is 1.07. The van der Waals surface area contributed by atoms with Crippen LogP contribution in [0.15, 0.2) is 48.5 Å². The molecule has 1 fully saturated rings. The Labute approximate surface area is 175 Å². The minimum absolute atomic E-state index is 0.00119. The van der Waals surface area contributed by atoms with Crippen molar-refractivity contribution in [3.05, 3.63) is 54.1 Å². The number of nitrogens with zero attached hydrogens (tertiary/aromatic N) is 2. The fourth-order valence-corrected chi connectivity index (χ4v) is 4.28. The monoisotopic (exact) mass is 407 g/mol. The number of rotatable bonds is 6. The molecule has 2 heterocycles. The Hall–Kier alpha value is -3.35. The van der Waals surface area contributed by atoms with Crippen molar-refractivity contribution in [3.63, 3.8) is 0 Å². The molecule has 156 valence electrons. The molecule has 0 bridgehead atoms. The molecular formula is C23H25N3O4. The van der Waals surface area contributed by atoms with Gasteiger partial charge in [-0.2, -0.15) is 0 Å². The Morgan fingerprint density at radius 3 is 2.60 bits per heavy atom. The largest absolute Gasteiger partial charge is 0.494 e. The number of anilines is 2. The maximum Gasteiger partial charge on any atom is 0.257 e. The summed E-state index contributed by atoms with van der Waals surface area (Å²) >= 11 is 0. The number of ether oxygens (including phenoxy) is 1. The van der Waals surface area contributed by atoms with E-state index < -0.39 is 5.66 Å². The zero-order valence-corrected chi connectivity index (χ0v) is 17.2. The molecule has 1 unspecified atom stereocenters. The summed E-state index contributed by atoms with van der Waals surface area (Å²) in [5, 5.41) is 2.85. The van der Waals surface area contributed by atoms with E-state index in [-0.39, 0.29) is 30.7 Å². The summed E-state index contributed by atoms with van der Waals surface area (Å²) in [6, 6.07) is 14.3. The zero-order valence-electron chi connectivity index (χ0n) is 17.2. The van der Waals surface area contributed by atoms with Crippen LogP contribution in [-0.2, 0) is 9.59 Å². The number of carbonyl (C=O) groups is 3. The van der Waals surface area contributed by atoms with Crippen LogP contribution in [0.5, 0.6) is 5.75 Å². The lowest BCUT2D eigenvalue weighted by Gasteiger charge is -2.48. The van der Waals surface area contributed by atoms with Crippen LogP contribution in [0.1, 0.15) is 43.5 Å². The van der Waals surface area contributed by atoms with Crippen LogP contribution in [0.3, 0.4) is 0 Å². The lowest BCUT2D eigenvalue weighted by Crippen LogP contribution is -2.62. The van der Waals surface area contributed by atoms with Crippen LogP contribution in [0.4, 0.5) is 11.4 Å². The lowest BCUT2D eigenvalue weighted by molar-refractivity contribution is -0.117. The van der Waals surface area contributed by atoms with Gasteiger partial charge in [-0.1, -0.05) is 12.1 Å². The summed E-state index contributed by atoms with van der Waals surface area (Å²) in [5.41, 5.74) is 1.07. The zero-order chi connectivity index (χ0) is 21.3. The topological polar surface area (TPSA) is 79.0 Å². The standard InChI is InChI=1S/C23H25N3O4/c1-3-30-17-10-8-16(9-11-17)24-20(27)13-15-25-22(29)18-6-4-5-7-19(18)26-21(28)12-14-23(25,26)2/h4-11H,3,12-15H2,1-2H3,(H,24,27). The Morgan fingerprint density at radius 2 is 1.87 bits per heavy atom. The predicted octanol–water partition coefficient (Wildman–Crippen LogP) is 3.41. The van der Waals surface area contributed by atoms with E-state index >= 15 is 0 Å². The van der Waals surface area contributed by atoms with Crippen LogP contribution in [0.25, 0.3) is 0 Å². The van der Waals surface area contributed by atoms with Crippen LogP contribution >= 0.6 is 0 Å². The van der Waals surface area contributed by atoms with Gasteiger partial charge in [0, 0.05) is 25.1 Å². The first-order chi connectivity index (χ1) is 14.4. The SMILES string of the molecule is CCOc1ccc(NC(=O)CCN2C(=O)c3ccccc3N3C(=O)CCC23C)cc1. The van der Waals surface area contributed by atoms with Crippen molar-refractivity contribution in [2.45, 2.75) is 38.8 Å². The quantitative estimate of drug-likeness (QED) is 0.796. The second kappa shape index (κ2) is 7.82. The van der Waals surface area contributed by atoms with Crippen molar-refractivity contribution in [2.75, 3.05) is 23.4 Å². The number of benzene rings is 2. The molecule has 30 heavy (non-hydrogen) atoms. The molecule has 2 aliphatic rings. The summed E-state index contributed by atoms with van der Waals surface area (Å²) in [4.78, 5) is 41.7. The van der Waals surface area contributed by atoms with E-state index in [0.29, 0.717) is 36.4 Å². The number of carbonyl (C=O) groups excluding carboxylic acids is 3. The first-order valence-electron chi connectivity index (χ1n) is 10.2. The van der Waals surface area contributed by atoms with E-state index in [1.54, 1.807) is 46.2 Å². The predicted molar refractivity (Wildman–Crippen MR) is 113 cm³/mol. The normalized spacial score (nSPS) is 20.1. The van der Waals surface area contributed by atoms with Gasteiger partial charge in [-0.3, -0.25) is 19.3 Å². The minimum Gasteiger partial charge on any atom is -0.494 e. The highest BCUT2D eigenvalue weighted by Gasteiger charge is 2.52. The van der Waals surface area contributed by atoms with Gasteiger partial charge in [0.15, 0.2) is 0 Å². The van der Waals surface area contributed by atoms with Crippen LogP contribution < -0.4 is 15.0 Å². The lowest BCUT2D eigenvalue weighted by atomic mass is 9.98. The molecule has 1 N–H and O–H groups in total. The van der Waals surface area contributed by atoms with Crippen LogP contribution in [0, 0.1) is 0 Å². The molecule has 0 saturated carbocycles. The molecule has 2 aromatic rings. The average Bonchev–Trinajstić information content (AvgIpc) is 3.05. The third-order valence-electron chi connectivity index (χ3n) is 5.76. The number of hydrogen-bond donors (Lipinski definition) is 1. The second-order valence-corrected chi connectivity index (χ2v) is 7.68. The molecular weight excluding hydrogens is 382 g/mol. The van der Waals surface area contributed by atoms with Crippen molar-refractivity contribution >= 4 is 29.1 Å². The van der Waals surface area contributed by atoms with Gasteiger partial charge in [0.25, 0.3) is 5.91 Å². The molecule has 7 nitrogen and oxygen atoms in total. The van der Waals surface area contributed by atoms with E-state index in [9.17, 15) is 14.4 Å². The number of amides is 3. The molecule has 0 aliphatic carbocycles. The maximum absolute atomic E-state index is 13.2. The Bertz CT molecular complexity index is 988. The molecule has 7 heteroatoms. The number of nitrogens with one attached hydrogen (secondary N) is 1. The highest BCUT2D eigenvalue weighted by molar-refractivity contribution is 6.10. The molecule has 1 saturated heterocycles. The average molecular weight is 407 g/mol. The van der Waals surface area contributed by atoms with Crippen LogP contribution in [-0.4, -0.2) is 41.4 Å². The Morgan fingerprint density at radius 1 is 1.13 bits per heavy atom. The second-order valence-electron chi connectivity index (χ2n) is 7.68. The fourth-order valence-electron chi connectivity index (χ4n) is 4.28. The summed E-state index contributed by atoms with van der Waals surface area (Å²) in [7, 11) is 0. The number of hydrogen-bond acceptors (Lipinski definition) is 4. The van der Waals surface area contributed by atoms with Gasteiger partial charge in [0.2, 0.25) is 11.8 Å². The first-order valence-corrected chi connectivity index (χ1v) is 10.2. The first kappa shape index (κ1) is 19.9. The number of para-hydroxylation sites is 1. The van der Waals surface area contributed by atoms with Crippen molar-refractivity contribution < 1.29 is 19.1 Å². The van der Waals surface area contributed by atoms with Gasteiger partial charge in [0.05, 0.1) is 17.9 Å². The summed E-state index contributed by atoms with van der Waals surface area (Å²) < 4.78 is 5.40. The highest BCUT2D eigenvalue weighted by atomic mass is 16.5. The summed E-state index contributed by atoms with van der Waals surface area (Å²) in [5.74, 6) is 0.409. The van der Waals surface area contributed by atoms with E-state index in [4.69, 9.17) is 4.74 Å². The van der Waals surface area contributed by atoms with E-state index in [2.05, 4.69) is 5.32 Å². The molecule has 2 aromatic carbocycles. The third kappa shape index (κ3) is 3.40. The van der Waals surface area contributed by atoms with Crippen molar-refractivity contribution in [3.8, 4) is 5.75 Å². The van der Waals surface area contributed by atoms with Crippen molar-refractivity contribution in [2.24, 2.45) is 0 Å². The maximum atomic E-state index is 13.2. The smallest absolute Gasteiger partial charge is 0.257 e. The minimum atomic E-state index is -0.748. The van der Waals surface area contributed by atoms with Gasteiger partial charge < -0.3 is 15.0 Å². The van der Waals surface area contributed by atoms with E-state index in [0.717, 1.165) is 5.75 Å². The molecule has 4 rings (SSSR count). The molecule has 0 spiro atoms. The molecule has 0 radical (unpaired) electrons.